The van der Waals surface area contributed by atoms with Crippen molar-refractivity contribution < 1.29 is 14.3 Å². The Hall–Kier alpha value is -2.07. The third-order valence-electron chi connectivity index (χ3n) is 5.24. The second kappa shape index (κ2) is 10.5. The molecule has 4 heteroatoms. The lowest BCUT2D eigenvalue weighted by Crippen LogP contribution is -2.42. The molecule has 2 aromatic carbocycles. The first-order chi connectivity index (χ1) is 13.4. The Balaban J connectivity index is 2.29. The molecule has 154 valence electrons. The Morgan fingerprint density at radius 2 is 1.79 bits per heavy atom. The molecule has 0 radical (unpaired) electrons. The molecule has 0 saturated heterocycles. The van der Waals surface area contributed by atoms with Crippen molar-refractivity contribution in [3.05, 3.63) is 36.4 Å². The maximum absolute atomic E-state index is 13.1. The highest BCUT2D eigenvalue weighted by molar-refractivity contribution is 6.06. The molecular formula is C24H35NO3. The van der Waals surface area contributed by atoms with Gasteiger partial charge in [-0.25, -0.2) is 0 Å². The fraction of sp³-hybridized carbons (Fsp3) is 0.542. The zero-order valence-electron chi connectivity index (χ0n) is 18.0. The van der Waals surface area contributed by atoms with E-state index in [9.17, 15) is 4.79 Å². The van der Waals surface area contributed by atoms with E-state index in [1.165, 1.54) is 0 Å². The summed E-state index contributed by atoms with van der Waals surface area (Å²) in [6, 6.07) is 11.9. The minimum absolute atomic E-state index is 0.0915. The molecule has 1 amide bonds. The minimum Gasteiger partial charge on any atom is -0.490 e. The van der Waals surface area contributed by atoms with E-state index >= 15 is 0 Å². The summed E-state index contributed by atoms with van der Waals surface area (Å²) < 4.78 is 11.9. The molecule has 1 N–H and O–H groups in total. The summed E-state index contributed by atoms with van der Waals surface area (Å²) >= 11 is 0. The molecular weight excluding hydrogens is 350 g/mol. The molecule has 4 nitrogen and oxygen atoms in total. The molecule has 0 spiro atoms. The Morgan fingerprint density at radius 3 is 2.43 bits per heavy atom. The predicted octanol–water partition coefficient (Wildman–Crippen LogP) is 6.33. The molecule has 2 aromatic rings. The van der Waals surface area contributed by atoms with Crippen LogP contribution in [0, 0.1) is 0 Å². The summed E-state index contributed by atoms with van der Waals surface area (Å²) in [5, 5.41) is 5.09. The van der Waals surface area contributed by atoms with Crippen molar-refractivity contribution in [2.45, 2.75) is 78.4 Å². The normalized spacial score (nSPS) is 14.5. The number of ether oxygens (including phenoxy) is 2. The monoisotopic (exact) mass is 385 g/mol. The number of hydrogen-bond donors (Lipinski definition) is 1. The van der Waals surface area contributed by atoms with Gasteiger partial charge < -0.3 is 14.8 Å². The van der Waals surface area contributed by atoms with Crippen LogP contribution >= 0.6 is 0 Å². The van der Waals surface area contributed by atoms with Crippen molar-refractivity contribution >= 4 is 22.4 Å². The zero-order chi connectivity index (χ0) is 20.6. The number of amides is 1. The van der Waals surface area contributed by atoms with Crippen LogP contribution in [-0.4, -0.2) is 24.2 Å². The lowest BCUT2D eigenvalue weighted by atomic mass is 9.96. The topological polar surface area (TPSA) is 47.6 Å². The second-order valence-corrected chi connectivity index (χ2v) is 7.57. The summed E-state index contributed by atoms with van der Waals surface area (Å²) in [4.78, 5) is 13.1. The number of anilines is 1. The van der Waals surface area contributed by atoms with E-state index in [2.05, 4.69) is 26.1 Å². The summed E-state index contributed by atoms with van der Waals surface area (Å²) in [7, 11) is 0. The van der Waals surface area contributed by atoms with Gasteiger partial charge in [0.1, 0.15) is 11.4 Å². The summed E-state index contributed by atoms with van der Waals surface area (Å²) in [5.74, 6) is 0.754. The van der Waals surface area contributed by atoms with Crippen LogP contribution in [0.15, 0.2) is 36.4 Å². The molecule has 2 atom stereocenters. The Kier molecular flexibility index (Phi) is 8.31. The van der Waals surface area contributed by atoms with Crippen LogP contribution < -0.4 is 10.1 Å². The van der Waals surface area contributed by atoms with Gasteiger partial charge in [-0.3, -0.25) is 4.79 Å². The fourth-order valence-corrected chi connectivity index (χ4v) is 3.32. The highest BCUT2D eigenvalue weighted by atomic mass is 16.5. The minimum atomic E-state index is -0.823. The van der Waals surface area contributed by atoms with E-state index in [1.54, 1.807) is 0 Å². The fourth-order valence-electron chi connectivity index (χ4n) is 3.32. The highest BCUT2D eigenvalue weighted by Crippen LogP contribution is 2.33. The van der Waals surface area contributed by atoms with Crippen LogP contribution in [0.4, 0.5) is 5.69 Å². The van der Waals surface area contributed by atoms with Crippen molar-refractivity contribution in [2.24, 2.45) is 0 Å². The molecule has 0 fully saturated rings. The number of hydrogen-bond acceptors (Lipinski definition) is 3. The van der Waals surface area contributed by atoms with Gasteiger partial charge in [0.05, 0.1) is 6.10 Å². The lowest BCUT2D eigenvalue weighted by molar-refractivity contribution is -0.139. The SMILES string of the molecule is CCCCC[C@@](C)(OCC)C(=O)Nc1ccc(O[C@H](C)CC)c2ccccc12. The van der Waals surface area contributed by atoms with E-state index in [0.29, 0.717) is 13.0 Å². The number of nitrogens with one attached hydrogen (secondary N) is 1. The number of unbranched alkanes of at least 4 members (excludes halogenated alkanes) is 2. The average Bonchev–Trinajstić information content (AvgIpc) is 2.70. The number of carbonyl (C=O) groups is 1. The first kappa shape index (κ1) is 22.2. The van der Waals surface area contributed by atoms with Gasteiger partial charge in [-0.2, -0.15) is 0 Å². The highest BCUT2D eigenvalue weighted by Gasteiger charge is 2.33. The predicted molar refractivity (Wildman–Crippen MR) is 117 cm³/mol. The third kappa shape index (κ3) is 5.48. The molecule has 0 unspecified atom stereocenters. The van der Waals surface area contributed by atoms with Gasteiger partial charge in [0, 0.05) is 23.1 Å². The van der Waals surface area contributed by atoms with E-state index in [1.807, 2.05) is 50.2 Å². The van der Waals surface area contributed by atoms with Crippen molar-refractivity contribution in [1.29, 1.82) is 0 Å². The molecule has 0 heterocycles. The molecule has 0 aromatic heterocycles. The van der Waals surface area contributed by atoms with Crippen molar-refractivity contribution in [1.82, 2.24) is 0 Å². The van der Waals surface area contributed by atoms with E-state index in [-0.39, 0.29) is 12.0 Å². The summed E-state index contributed by atoms with van der Waals surface area (Å²) in [6.45, 7) is 10.7. The molecule has 0 bridgehead atoms. The molecule has 0 aliphatic carbocycles. The van der Waals surface area contributed by atoms with Crippen molar-refractivity contribution in [3.63, 3.8) is 0 Å². The molecule has 0 aliphatic heterocycles. The first-order valence-corrected chi connectivity index (χ1v) is 10.6. The van der Waals surface area contributed by atoms with Crippen LogP contribution in [0.5, 0.6) is 5.75 Å². The standard InChI is InChI=1S/C24H35NO3/c1-6-9-12-17-24(5,27-8-3)23(26)25-21-15-16-22(28-18(4)7-2)20-14-11-10-13-19(20)21/h10-11,13-16,18H,6-9,12,17H2,1-5H3,(H,25,26)/t18-,24-/m1/s1. The van der Waals surface area contributed by atoms with Crippen LogP contribution in [0.2, 0.25) is 0 Å². The molecule has 2 rings (SSSR count). The second-order valence-electron chi connectivity index (χ2n) is 7.57. The van der Waals surface area contributed by atoms with Gasteiger partial charge in [0.25, 0.3) is 5.91 Å². The van der Waals surface area contributed by atoms with Crippen LogP contribution in [-0.2, 0) is 9.53 Å². The average molecular weight is 386 g/mol. The zero-order valence-corrected chi connectivity index (χ0v) is 18.0. The number of rotatable bonds is 11. The quantitative estimate of drug-likeness (QED) is 0.460. The summed E-state index contributed by atoms with van der Waals surface area (Å²) in [6.07, 6.45) is 4.99. The Morgan fingerprint density at radius 1 is 1.07 bits per heavy atom. The number of fused-ring (bicyclic) bond motifs is 1. The van der Waals surface area contributed by atoms with Crippen LogP contribution in [0.25, 0.3) is 10.8 Å². The molecule has 28 heavy (non-hydrogen) atoms. The molecule has 0 saturated carbocycles. The van der Waals surface area contributed by atoms with E-state index in [4.69, 9.17) is 9.47 Å². The largest absolute Gasteiger partial charge is 0.490 e. The Labute approximate surface area is 169 Å². The van der Waals surface area contributed by atoms with Crippen molar-refractivity contribution in [2.75, 3.05) is 11.9 Å². The van der Waals surface area contributed by atoms with Gasteiger partial charge >= 0.3 is 0 Å². The maximum Gasteiger partial charge on any atom is 0.256 e. The van der Waals surface area contributed by atoms with Gasteiger partial charge in [-0.05, 0) is 45.7 Å². The number of benzene rings is 2. The van der Waals surface area contributed by atoms with Gasteiger partial charge in [0.2, 0.25) is 0 Å². The van der Waals surface area contributed by atoms with Gasteiger partial charge in [0.15, 0.2) is 0 Å². The van der Waals surface area contributed by atoms with Crippen LogP contribution in [0.1, 0.15) is 66.7 Å². The maximum atomic E-state index is 13.1. The Bertz CT molecular complexity index is 774. The van der Waals surface area contributed by atoms with E-state index < -0.39 is 5.60 Å². The number of carbonyl (C=O) groups excluding carboxylic acids is 1. The van der Waals surface area contributed by atoms with Gasteiger partial charge in [-0.15, -0.1) is 0 Å². The smallest absolute Gasteiger partial charge is 0.256 e. The first-order valence-electron chi connectivity index (χ1n) is 10.6. The summed E-state index contributed by atoms with van der Waals surface area (Å²) in [5.41, 5.74) is -0.0322. The lowest BCUT2D eigenvalue weighted by Gasteiger charge is -2.28. The van der Waals surface area contributed by atoms with Crippen LogP contribution in [0.3, 0.4) is 0 Å². The third-order valence-corrected chi connectivity index (χ3v) is 5.24. The molecule has 0 aliphatic rings. The van der Waals surface area contributed by atoms with Crippen molar-refractivity contribution in [3.8, 4) is 5.75 Å². The van der Waals surface area contributed by atoms with E-state index in [0.717, 1.165) is 47.9 Å². The van der Waals surface area contributed by atoms with Gasteiger partial charge in [-0.1, -0.05) is 57.4 Å².